The number of halogens is 1. The Kier molecular flexibility index (Phi) is 4.38. The maximum Gasteiger partial charge on any atom is 0.251 e. The highest BCUT2D eigenvalue weighted by atomic mass is 19.1. The molecule has 0 aliphatic heterocycles. The summed E-state index contributed by atoms with van der Waals surface area (Å²) >= 11 is 0. The van der Waals surface area contributed by atoms with Crippen LogP contribution < -0.4 is 5.32 Å². The van der Waals surface area contributed by atoms with Gasteiger partial charge >= 0.3 is 0 Å². The van der Waals surface area contributed by atoms with Crippen LogP contribution in [0, 0.1) is 26.6 Å². The molecule has 3 rings (SSSR count). The summed E-state index contributed by atoms with van der Waals surface area (Å²) in [5.74, 6) is -0.591. The second-order valence-corrected chi connectivity index (χ2v) is 6.14. The highest BCUT2D eigenvalue weighted by Gasteiger charge is 2.13. The second kappa shape index (κ2) is 6.48. The van der Waals surface area contributed by atoms with Gasteiger partial charge < -0.3 is 10.3 Å². The summed E-state index contributed by atoms with van der Waals surface area (Å²) in [4.78, 5) is 15.7. The molecule has 0 aliphatic carbocycles. The first-order valence-electron chi connectivity index (χ1n) is 8.09. The van der Waals surface area contributed by atoms with Gasteiger partial charge in [-0.3, -0.25) is 4.79 Å². The standard InChI is InChI=1S/C20H21FN2O/c1-12-6-4-8-17-16(14(3)23-19(12)17)10-11-22-20(24)15-7-5-9-18(21)13(15)2/h4-9,23H,10-11H2,1-3H3,(H,22,24). The van der Waals surface area contributed by atoms with E-state index in [9.17, 15) is 9.18 Å². The molecule has 4 heteroatoms. The molecule has 0 saturated heterocycles. The SMILES string of the molecule is Cc1[nH]c2c(C)cccc2c1CCNC(=O)c1cccc(F)c1C. The lowest BCUT2D eigenvalue weighted by molar-refractivity contribution is 0.0953. The van der Waals surface area contributed by atoms with Crippen LogP contribution in [-0.2, 0) is 6.42 Å². The molecule has 0 fully saturated rings. The first kappa shape index (κ1) is 16.2. The predicted molar refractivity (Wildman–Crippen MR) is 94.9 cm³/mol. The van der Waals surface area contributed by atoms with E-state index in [1.807, 2.05) is 13.0 Å². The van der Waals surface area contributed by atoms with E-state index in [0.29, 0.717) is 17.7 Å². The lowest BCUT2D eigenvalue weighted by atomic mass is 10.1. The molecule has 0 unspecified atom stereocenters. The van der Waals surface area contributed by atoms with E-state index in [4.69, 9.17) is 0 Å². The van der Waals surface area contributed by atoms with Crippen molar-refractivity contribution in [2.45, 2.75) is 27.2 Å². The zero-order valence-corrected chi connectivity index (χ0v) is 14.2. The predicted octanol–water partition coefficient (Wildman–Crippen LogP) is 4.20. The topological polar surface area (TPSA) is 44.9 Å². The van der Waals surface area contributed by atoms with Crippen LogP contribution in [0.5, 0.6) is 0 Å². The molecule has 1 heterocycles. The van der Waals surface area contributed by atoms with Gasteiger partial charge in [0, 0.05) is 28.7 Å². The van der Waals surface area contributed by atoms with Crippen LogP contribution in [0.2, 0.25) is 0 Å². The van der Waals surface area contributed by atoms with Crippen molar-refractivity contribution in [3.63, 3.8) is 0 Å². The van der Waals surface area contributed by atoms with Gasteiger partial charge in [-0.15, -0.1) is 0 Å². The fraction of sp³-hybridized carbons (Fsp3) is 0.250. The summed E-state index contributed by atoms with van der Waals surface area (Å²) in [5, 5.41) is 4.09. The van der Waals surface area contributed by atoms with Gasteiger partial charge in [-0.1, -0.05) is 24.3 Å². The van der Waals surface area contributed by atoms with Crippen molar-refractivity contribution < 1.29 is 9.18 Å². The maximum absolute atomic E-state index is 13.6. The highest BCUT2D eigenvalue weighted by molar-refractivity contribution is 5.95. The summed E-state index contributed by atoms with van der Waals surface area (Å²) in [5.41, 5.74) is 5.47. The zero-order valence-electron chi connectivity index (χ0n) is 14.2. The van der Waals surface area contributed by atoms with Crippen LogP contribution >= 0.6 is 0 Å². The number of rotatable bonds is 4. The number of carbonyl (C=O) groups is 1. The minimum Gasteiger partial charge on any atom is -0.358 e. The molecule has 2 aromatic carbocycles. The van der Waals surface area contributed by atoms with Gasteiger partial charge in [0.05, 0.1) is 0 Å². The van der Waals surface area contributed by atoms with Crippen molar-refractivity contribution in [3.05, 3.63) is 70.2 Å². The van der Waals surface area contributed by atoms with Gasteiger partial charge in [0.1, 0.15) is 5.82 Å². The van der Waals surface area contributed by atoms with Gasteiger partial charge in [-0.25, -0.2) is 4.39 Å². The Morgan fingerprint density at radius 1 is 1.12 bits per heavy atom. The Bertz CT molecular complexity index is 911. The number of hydrogen-bond donors (Lipinski definition) is 2. The number of nitrogens with one attached hydrogen (secondary N) is 2. The van der Waals surface area contributed by atoms with E-state index < -0.39 is 0 Å². The Labute approximate surface area is 140 Å². The number of hydrogen-bond acceptors (Lipinski definition) is 1. The molecule has 0 bridgehead atoms. The molecular formula is C20H21FN2O. The highest BCUT2D eigenvalue weighted by Crippen LogP contribution is 2.24. The van der Waals surface area contributed by atoms with Crippen molar-refractivity contribution in [2.75, 3.05) is 6.54 Å². The number of para-hydroxylation sites is 1. The average Bonchev–Trinajstić information content (AvgIpc) is 2.87. The molecule has 1 amide bonds. The molecule has 3 nitrogen and oxygen atoms in total. The van der Waals surface area contributed by atoms with Gasteiger partial charge in [0.25, 0.3) is 5.91 Å². The smallest absolute Gasteiger partial charge is 0.251 e. The van der Waals surface area contributed by atoms with Crippen molar-refractivity contribution in [2.24, 2.45) is 0 Å². The van der Waals surface area contributed by atoms with Gasteiger partial charge in [-0.2, -0.15) is 0 Å². The van der Waals surface area contributed by atoms with Gasteiger partial charge in [0.15, 0.2) is 0 Å². The van der Waals surface area contributed by atoms with Crippen molar-refractivity contribution in [1.82, 2.24) is 10.3 Å². The molecule has 0 atom stereocenters. The van der Waals surface area contributed by atoms with E-state index in [2.05, 4.69) is 29.4 Å². The largest absolute Gasteiger partial charge is 0.358 e. The Morgan fingerprint density at radius 3 is 2.67 bits per heavy atom. The fourth-order valence-electron chi connectivity index (χ4n) is 3.12. The first-order chi connectivity index (χ1) is 11.5. The summed E-state index contributed by atoms with van der Waals surface area (Å²) in [6, 6.07) is 10.8. The van der Waals surface area contributed by atoms with Crippen molar-refractivity contribution >= 4 is 16.8 Å². The quantitative estimate of drug-likeness (QED) is 0.742. The molecule has 0 radical (unpaired) electrons. The minimum atomic E-state index is -0.356. The van der Waals surface area contributed by atoms with E-state index in [0.717, 1.165) is 17.6 Å². The zero-order chi connectivity index (χ0) is 17.3. The Hall–Kier alpha value is -2.62. The second-order valence-electron chi connectivity index (χ2n) is 6.14. The minimum absolute atomic E-state index is 0.235. The number of benzene rings is 2. The van der Waals surface area contributed by atoms with Gasteiger partial charge in [0.2, 0.25) is 0 Å². The summed E-state index contributed by atoms with van der Waals surface area (Å²) in [6.07, 6.45) is 0.732. The van der Waals surface area contributed by atoms with E-state index >= 15 is 0 Å². The summed E-state index contributed by atoms with van der Waals surface area (Å²) < 4.78 is 13.6. The summed E-state index contributed by atoms with van der Waals surface area (Å²) in [6.45, 7) is 6.26. The number of carbonyl (C=O) groups excluding carboxylic acids is 1. The number of fused-ring (bicyclic) bond motifs is 1. The third kappa shape index (κ3) is 2.92. The van der Waals surface area contributed by atoms with Crippen LogP contribution in [0.3, 0.4) is 0 Å². The number of amides is 1. The molecular weight excluding hydrogens is 303 g/mol. The molecule has 1 aromatic heterocycles. The Morgan fingerprint density at radius 2 is 1.88 bits per heavy atom. The van der Waals surface area contributed by atoms with Crippen LogP contribution in [-0.4, -0.2) is 17.4 Å². The van der Waals surface area contributed by atoms with E-state index in [1.54, 1.807) is 19.1 Å². The van der Waals surface area contributed by atoms with Crippen LogP contribution in [0.25, 0.3) is 10.9 Å². The lowest BCUT2D eigenvalue weighted by Gasteiger charge is -2.08. The number of aryl methyl sites for hydroxylation is 2. The fourth-order valence-corrected chi connectivity index (χ4v) is 3.12. The molecule has 0 aliphatic rings. The van der Waals surface area contributed by atoms with Crippen LogP contribution in [0.15, 0.2) is 36.4 Å². The molecule has 0 saturated carbocycles. The number of H-pyrrole nitrogens is 1. The third-order valence-electron chi connectivity index (χ3n) is 4.54. The monoisotopic (exact) mass is 324 g/mol. The summed E-state index contributed by atoms with van der Waals surface area (Å²) in [7, 11) is 0. The maximum atomic E-state index is 13.6. The van der Waals surface area contributed by atoms with E-state index in [1.165, 1.54) is 22.6 Å². The van der Waals surface area contributed by atoms with Crippen LogP contribution in [0.4, 0.5) is 4.39 Å². The molecule has 0 spiro atoms. The van der Waals surface area contributed by atoms with Crippen LogP contribution in [0.1, 0.15) is 32.7 Å². The average molecular weight is 324 g/mol. The molecule has 3 aromatic rings. The number of aromatic amines is 1. The molecule has 24 heavy (non-hydrogen) atoms. The lowest BCUT2D eigenvalue weighted by Crippen LogP contribution is -2.26. The van der Waals surface area contributed by atoms with Crippen molar-refractivity contribution in [3.8, 4) is 0 Å². The molecule has 2 N–H and O–H groups in total. The normalized spacial score (nSPS) is 11.0. The van der Waals surface area contributed by atoms with E-state index in [-0.39, 0.29) is 11.7 Å². The van der Waals surface area contributed by atoms with Gasteiger partial charge in [-0.05, 0) is 56.0 Å². The first-order valence-corrected chi connectivity index (χ1v) is 8.09. The van der Waals surface area contributed by atoms with Crippen molar-refractivity contribution in [1.29, 1.82) is 0 Å². The number of aromatic nitrogens is 1. The molecule has 124 valence electrons. The third-order valence-corrected chi connectivity index (χ3v) is 4.54. The Balaban J connectivity index is 1.73.